The molecule has 2 rings (SSSR count). The van der Waals surface area contributed by atoms with Gasteiger partial charge in [-0.05, 0) is 77.2 Å². The van der Waals surface area contributed by atoms with Gasteiger partial charge in [-0.2, -0.15) is 4.31 Å². The van der Waals surface area contributed by atoms with Crippen molar-refractivity contribution in [1.29, 1.82) is 0 Å². The first-order valence-corrected chi connectivity index (χ1v) is 12.4. The number of amides is 1. The number of hydrogen-bond acceptors (Lipinski definition) is 4. The zero-order chi connectivity index (χ0) is 22.1. The number of ether oxygens (including phenoxy) is 1. The number of anilines is 1. The molecule has 1 N–H and O–H groups in total. The molecule has 0 saturated carbocycles. The molecule has 0 aliphatic carbocycles. The molecule has 0 fully saturated rings. The van der Waals surface area contributed by atoms with Crippen LogP contribution in [0.5, 0.6) is 5.75 Å². The molecule has 2 aromatic rings. The zero-order valence-corrected chi connectivity index (χ0v) is 20.1. The smallest absolute Gasteiger partial charge is 0.262 e. The van der Waals surface area contributed by atoms with Crippen molar-refractivity contribution in [2.24, 2.45) is 0 Å². The quantitative estimate of drug-likeness (QED) is 0.482. The summed E-state index contributed by atoms with van der Waals surface area (Å²) in [5.74, 6) is 0.270. The topological polar surface area (TPSA) is 75.7 Å². The number of carbonyl (C=O) groups is 1. The Morgan fingerprint density at radius 3 is 2.20 bits per heavy atom. The molecule has 0 unspecified atom stereocenters. The number of benzene rings is 2. The Kier molecular flexibility index (Phi) is 9.33. The van der Waals surface area contributed by atoms with Gasteiger partial charge >= 0.3 is 0 Å². The van der Waals surface area contributed by atoms with E-state index in [1.165, 1.54) is 22.0 Å². The van der Waals surface area contributed by atoms with Crippen LogP contribution in [0.3, 0.4) is 0 Å². The van der Waals surface area contributed by atoms with Crippen molar-refractivity contribution in [3.8, 4) is 5.75 Å². The summed E-state index contributed by atoms with van der Waals surface area (Å²) in [7, 11) is -3.54. The molecule has 0 radical (unpaired) electrons. The second kappa shape index (κ2) is 11.5. The monoisotopic (exact) mass is 496 g/mol. The van der Waals surface area contributed by atoms with Crippen LogP contribution >= 0.6 is 15.9 Å². The summed E-state index contributed by atoms with van der Waals surface area (Å²) < 4.78 is 33.5. The van der Waals surface area contributed by atoms with E-state index in [0.29, 0.717) is 24.5 Å². The molecule has 0 spiro atoms. The molecule has 30 heavy (non-hydrogen) atoms. The minimum absolute atomic E-state index is 0.148. The highest BCUT2D eigenvalue weighted by atomic mass is 79.9. The summed E-state index contributed by atoms with van der Waals surface area (Å²) in [5.41, 5.74) is 1.69. The molecule has 0 saturated heterocycles. The Morgan fingerprint density at radius 1 is 1.03 bits per heavy atom. The number of sulfonamides is 1. The van der Waals surface area contributed by atoms with E-state index >= 15 is 0 Å². The van der Waals surface area contributed by atoms with Crippen molar-refractivity contribution >= 4 is 37.5 Å². The van der Waals surface area contributed by atoms with Gasteiger partial charge in [0.2, 0.25) is 10.0 Å². The maximum atomic E-state index is 12.8. The maximum Gasteiger partial charge on any atom is 0.262 e. The lowest BCUT2D eigenvalue weighted by Crippen LogP contribution is -2.32. The van der Waals surface area contributed by atoms with Gasteiger partial charge in [-0.25, -0.2) is 8.42 Å². The lowest BCUT2D eigenvalue weighted by molar-refractivity contribution is -0.118. The first-order chi connectivity index (χ1) is 14.3. The molecular formula is C22H29BrN2O4S. The predicted molar refractivity (Wildman–Crippen MR) is 123 cm³/mol. The molecule has 0 atom stereocenters. The van der Waals surface area contributed by atoms with E-state index in [-0.39, 0.29) is 17.4 Å². The van der Waals surface area contributed by atoms with E-state index in [9.17, 15) is 13.2 Å². The summed E-state index contributed by atoms with van der Waals surface area (Å²) in [6.07, 6.45) is 2.43. The molecule has 0 heterocycles. The summed E-state index contributed by atoms with van der Waals surface area (Å²) in [5, 5.41) is 2.72. The number of nitrogens with zero attached hydrogens (tertiary/aromatic N) is 1. The van der Waals surface area contributed by atoms with E-state index in [4.69, 9.17) is 4.74 Å². The summed E-state index contributed by atoms with van der Waals surface area (Å²) in [6, 6.07) is 12.0. The Hall–Kier alpha value is -1.90. The number of carbonyl (C=O) groups excluding carboxylic acids is 1. The summed E-state index contributed by atoms with van der Waals surface area (Å²) in [6.45, 7) is 6.80. The standard InChI is InChI=1S/C22H29BrN2O4S/c1-4-13-25(14-5-2)30(27,28)19-10-8-18(9-11-19)24-22(26)16-29-21-12-7-17(6-3)15-20(21)23/h7-12,15H,4-6,13-14,16H2,1-3H3,(H,24,26). The minimum atomic E-state index is -3.54. The average Bonchev–Trinajstić information content (AvgIpc) is 2.73. The van der Waals surface area contributed by atoms with Gasteiger partial charge in [0, 0.05) is 18.8 Å². The molecular weight excluding hydrogens is 468 g/mol. The van der Waals surface area contributed by atoms with E-state index < -0.39 is 10.0 Å². The number of nitrogens with one attached hydrogen (secondary N) is 1. The molecule has 0 aliphatic heterocycles. The van der Waals surface area contributed by atoms with Crippen molar-refractivity contribution in [3.05, 3.63) is 52.5 Å². The van der Waals surface area contributed by atoms with Crippen molar-refractivity contribution in [2.75, 3.05) is 25.0 Å². The molecule has 1 amide bonds. The summed E-state index contributed by atoms with van der Waals surface area (Å²) in [4.78, 5) is 12.4. The highest BCUT2D eigenvalue weighted by Crippen LogP contribution is 2.26. The molecule has 0 aliphatic rings. The van der Waals surface area contributed by atoms with Crippen LogP contribution < -0.4 is 10.1 Å². The average molecular weight is 497 g/mol. The van der Waals surface area contributed by atoms with Crippen molar-refractivity contribution in [1.82, 2.24) is 4.31 Å². The van der Waals surface area contributed by atoms with E-state index in [0.717, 1.165) is 23.7 Å². The number of rotatable bonds is 11. The SMILES string of the molecule is CCCN(CCC)S(=O)(=O)c1ccc(NC(=O)COc2ccc(CC)cc2Br)cc1. The summed E-state index contributed by atoms with van der Waals surface area (Å²) >= 11 is 3.45. The van der Waals surface area contributed by atoms with Gasteiger partial charge in [0.1, 0.15) is 5.75 Å². The lowest BCUT2D eigenvalue weighted by atomic mass is 10.2. The number of halogens is 1. The predicted octanol–water partition coefficient (Wildman–Crippen LogP) is 4.84. The number of hydrogen-bond donors (Lipinski definition) is 1. The molecule has 6 nitrogen and oxygen atoms in total. The van der Waals surface area contributed by atoms with E-state index in [1.54, 1.807) is 12.1 Å². The van der Waals surface area contributed by atoms with Crippen LogP contribution in [-0.2, 0) is 21.2 Å². The van der Waals surface area contributed by atoms with Crippen molar-refractivity contribution in [2.45, 2.75) is 44.9 Å². The van der Waals surface area contributed by atoms with Crippen LogP contribution in [0.25, 0.3) is 0 Å². The largest absolute Gasteiger partial charge is 0.483 e. The van der Waals surface area contributed by atoms with Crippen LogP contribution in [0.15, 0.2) is 51.8 Å². The molecule has 8 heteroatoms. The van der Waals surface area contributed by atoms with E-state index in [1.807, 2.05) is 32.0 Å². The third-order valence-corrected chi connectivity index (χ3v) is 7.02. The van der Waals surface area contributed by atoms with Crippen LogP contribution in [-0.4, -0.2) is 38.3 Å². The second-order valence-corrected chi connectivity index (χ2v) is 9.68. The number of aryl methyl sites for hydroxylation is 1. The Morgan fingerprint density at radius 2 is 1.67 bits per heavy atom. The first-order valence-electron chi connectivity index (χ1n) is 10.1. The van der Waals surface area contributed by atoms with Crippen molar-refractivity contribution < 1.29 is 17.9 Å². The van der Waals surface area contributed by atoms with E-state index in [2.05, 4.69) is 28.2 Å². The van der Waals surface area contributed by atoms with Gasteiger partial charge in [-0.3, -0.25) is 4.79 Å². The minimum Gasteiger partial charge on any atom is -0.483 e. The highest BCUT2D eigenvalue weighted by Gasteiger charge is 2.22. The van der Waals surface area contributed by atoms with Gasteiger partial charge in [-0.15, -0.1) is 0 Å². The third kappa shape index (κ3) is 6.55. The van der Waals surface area contributed by atoms with Gasteiger partial charge in [0.05, 0.1) is 9.37 Å². The van der Waals surface area contributed by atoms with Gasteiger partial charge in [0.15, 0.2) is 6.61 Å². The van der Waals surface area contributed by atoms with Gasteiger partial charge in [0.25, 0.3) is 5.91 Å². The van der Waals surface area contributed by atoms with Crippen LogP contribution in [0.1, 0.15) is 39.2 Å². The van der Waals surface area contributed by atoms with Crippen molar-refractivity contribution in [3.63, 3.8) is 0 Å². The zero-order valence-electron chi connectivity index (χ0n) is 17.7. The van der Waals surface area contributed by atoms with Gasteiger partial charge < -0.3 is 10.1 Å². The van der Waals surface area contributed by atoms with Crippen LogP contribution in [0, 0.1) is 0 Å². The van der Waals surface area contributed by atoms with Gasteiger partial charge in [-0.1, -0.05) is 26.8 Å². The second-order valence-electron chi connectivity index (χ2n) is 6.88. The fraction of sp³-hybridized carbons (Fsp3) is 0.409. The maximum absolute atomic E-state index is 12.8. The Labute approximate surface area is 187 Å². The molecule has 0 aromatic heterocycles. The van der Waals surface area contributed by atoms with Crippen LogP contribution in [0.2, 0.25) is 0 Å². The molecule has 164 valence electrons. The molecule has 0 bridgehead atoms. The fourth-order valence-corrected chi connectivity index (χ4v) is 5.10. The van der Waals surface area contributed by atoms with Crippen LogP contribution in [0.4, 0.5) is 5.69 Å². The highest BCUT2D eigenvalue weighted by molar-refractivity contribution is 9.10. The third-order valence-electron chi connectivity index (χ3n) is 4.49. The Bertz CT molecular complexity index is 940. The Balaban J connectivity index is 1.99. The first kappa shape index (κ1) is 24.4. The fourth-order valence-electron chi connectivity index (χ4n) is 2.93. The normalized spacial score (nSPS) is 11.5. The molecule has 2 aromatic carbocycles. The lowest BCUT2D eigenvalue weighted by Gasteiger charge is -2.21.